The molecule has 0 amide bonds. The quantitative estimate of drug-likeness (QED) is 0.366. The second-order valence-electron chi connectivity index (χ2n) is 10.2. The lowest BCUT2D eigenvalue weighted by molar-refractivity contribution is -0.325. The number of esters is 1. The topological polar surface area (TPSA) is 146 Å². The second-order valence-corrected chi connectivity index (χ2v) is 10.2. The summed E-state index contributed by atoms with van der Waals surface area (Å²) in [6, 6.07) is 0. The zero-order valence-electron chi connectivity index (χ0n) is 17.7. The highest BCUT2D eigenvalue weighted by Crippen LogP contribution is 2.68. The van der Waals surface area contributed by atoms with E-state index in [0.717, 1.165) is 12.8 Å². The van der Waals surface area contributed by atoms with E-state index in [9.17, 15) is 30.3 Å². The summed E-state index contributed by atoms with van der Waals surface area (Å²) < 4.78 is 16.9. The van der Waals surface area contributed by atoms with Crippen molar-refractivity contribution in [1.82, 2.24) is 0 Å². The van der Waals surface area contributed by atoms with Crippen LogP contribution < -0.4 is 0 Å². The Morgan fingerprint density at radius 2 is 1.83 bits per heavy atom. The van der Waals surface area contributed by atoms with E-state index in [1.807, 2.05) is 6.92 Å². The van der Waals surface area contributed by atoms with E-state index in [1.54, 1.807) is 6.92 Å². The molecule has 0 aromatic heterocycles. The SMILES string of the molecule is C[C@@H]1CC[C@H]2[C@]13CC(=O)O[C@H](C3)[C@](C)(O)[C@@]2(C)CO[C@@H]1O[C@H](CO)[C@@H](O)[C@H](O)[C@H]1O. The van der Waals surface area contributed by atoms with Crippen LogP contribution in [0.4, 0.5) is 0 Å². The summed E-state index contributed by atoms with van der Waals surface area (Å²) in [5.41, 5.74) is -2.44. The van der Waals surface area contributed by atoms with Gasteiger partial charge in [0.2, 0.25) is 0 Å². The van der Waals surface area contributed by atoms with Crippen molar-refractivity contribution in [3.8, 4) is 0 Å². The maximum Gasteiger partial charge on any atom is 0.306 e. The molecule has 9 heteroatoms. The van der Waals surface area contributed by atoms with E-state index in [1.165, 1.54) is 0 Å². The van der Waals surface area contributed by atoms with Crippen LogP contribution in [0.5, 0.6) is 0 Å². The number of ether oxygens (including phenoxy) is 3. The van der Waals surface area contributed by atoms with Gasteiger partial charge in [-0.3, -0.25) is 4.79 Å². The molecule has 0 aromatic rings. The Bertz CT molecular complexity index is 681. The molecule has 172 valence electrons. The van der Waals surface area contributed by atoms with Crippen LogP contribution in [0.15, 0.2) is 0 Å². The summed E-state index contributed by atoms with van der Waals surface area (Å²) in [6.07, 6.45) is -4.77. The molecule has 4 rings (SSSR count). The molecule has 5 N–H and O–H groups in total. The van der Waals surface area contributed by atoms with Gasteiger partial charge in [-0.2, -0.15) is 0 Å². The van der Waals surface area contributed by atoms with Gasteiger partial charge in [0.25, 0.3) is 0 Å². The minimum atomic E-state index is -1.53. The van der Waals surface area contributed by atoms with Crippen LogP contribution in [0.25, 0.3) is 0 Å². The van der Waals surface area contributed by atoms with E-state index in [-0.39, 0.29) is 23.9 Å². The minimum absolute atomic E-state index is 0.00369. The lowest BCUT2D eigenvalue weighted by Gasteiger charge is -2.63. The van der Waals surface area contributed by atoms with Crippen molar-refractivity contribution in [3.05, 3.63) is 0 Å². The van der Waals surface area contributed by atoms with Gasteiger partial charge in [0.05, 0.1) is 19.6 Å². The van der Waals surface area contributed by atoms with Crippen molar-refractivity contribution in [2.45, 2.75) is 88.9 Å². The lowest BCUT2D eigenvalue weighted by atomic mass is 9.47. The fourth-order valence-electron chi connectivity index (χ4n) is 6.60. The van der Waals surface area contributed by atoms with Crippen LogP contribution in [0, 0.1) is 22.7 Å². The van der Waals surface area contributed by atoms with E-state index < -0.39 is 54.4 Å². The number of fused-ring (bicyclic) bond motifs is 1. The van der Waals surface area contributed by atoms with Crippen LogP contribution in [-0.4, -0.2) is 87.1 Å². The maximum atomic E-state index is 12.3. The molecule has 1 spiro atoms. The first-order valence-electron chi connectivity index (χ1n) is 10.8. The van der Waals surface area contributed by atoms with E-state index in [4.69, 9.17) is 14.2 Å². The molecular formula is C21H34O9. The second kappa shape index (κ2) is 7.37. The Labute approximate surface area is 175 Å². The maximum absolute atomic E-state index is 12.3. The highest BCUT2D eigenvalue weighted by molar-refractivity contribution is 5.72. The molecule has 0 radical (unpaired) electrons. The summed E-state index contributed by atoms with van der Waals surface area (Å²) >= 11 is 0. The van der Waals surface area contributed by atoms with E-state index in [0.29, 0.717) is 18.8 Å². The number of aliphatic hydroxyl groups is 5. The fourth-order valence-corrected chi connectivity index (χ4v) is 6.60. The molecule has 2 saturated heterocycles. The largest absolute Gasteiger partial charge is 0.459 e. The first kappa shape index (κ1) is 22.4. The molecule has 30 heavy (non-hydrogen) atoms. The van der Waals surface area contributed by atoms with Crippen molar-refractivity contribution in [2.75, 3.05) is 13.2 Å². The summed E-state index contributed by atoms with van der Waals surface area (Å²) in [5.74, 6) is 0.0340. The third kappa shape index (κ3) is 2.97. The van der Waals surface area contributed by atoms with Crippen LogP contribution in [0.2, 0.25) is 0 Å². The summed E-state index contributed by atoms with van der Waals surface area (Å²) in [4.78, 5) is 12.3. The average Bonchev–Trinajstić information content (AvgIpc) is 3.00. The molecule has 4 aliphatic rings. The van der Waals surface area contributed by atoms with E-state index >= 15 is 0 Å². The van der Waals surface area contributed by atoms with E-state index in [2.05, 4.69) is 6.92 Å². The molecule has 2 heterocycles. The standard InChI is InChI=1S/C21H34O9/c1-10-4-5-12-19(2,20(3,27)13-6-21(10,12)7-14(23)30-13)9-28-18-17(26)16(25)15(24)11(8-22)29-18/h10-13,15-18,22,24-27H,4-9H2,1-3H3/t10-,11-,12-,13-,15-,16+,17-,18-,19+,20+,21-/m1/s1. The smallest absolute Gasteiger partial charge is 0.306 e. The Morgan fingerprint density at radius 1 is 1.13 bits per heavy atom. The molecule has 0 unspecified atom stereocenters. The molecule has 2 saturated carbocycles. The third-order valence-electron chi connectivity index (χ3n) is 8.82. The summed E-state index contributed by atoms with van der Waals surface area (Å²) in [7, 11) is 0. The van der Waals surface area contributed by atoms with Gasteiger partial charge in [-0.1, -0.05) is 13.8 Å². The van der Waals surface area contributed by atoms with Gasteiger partial charge >= 0.3 is 5.97 Å². The van der Waals surface area contributed by atoms with Crippen molar-refractivity contribution in [1.29, 1.82) is 0 Å². The first-order chi connectivity index (χ1) is 14.0. The monoisotopic (exact) mass is 430 g/mol. The van der Waals surface area contributed by atoms with Crippen LogP contribution in [0.3, 0.4) is 0 Å². The van der Waals surface area contributed by atoms with Crippen molar-refractivity contribution >= 4 is 5.97 Å². The zero-order valence-corrected chi connectivity index (χ0v) is 17.7. The molecule has 0 aromatic carbocycles. The zero-order chi connectivity index (χ0) is 22.1. The summed E-state index contributed by atoms with van der Waals surface area (Å²) in [6.45, 7) is 5.19. The predicted octanol–water partition coefficient (Wildman–Crippen LogP) is -0.688. The molecule has 4 fully saturated rings. The summed E-state index contributed by atoms with van der Waals surface area (Å²) in [5, 5.41) is 51.3. The van der Waals surface area contributed by atoms with Gasteiger partial charge < -0.3 is 39.7 Å². The van der Waals surface area contributed by atoms with Gasteiger partial charge in [-0.05, 0) is 43.4 Å². The average molecular weight is 430 g/mol. The highest BCUT2D eigenvalue weighted by Gasteiger charge is 2.70. The number of aliphatic hydroxyl groups excluding tert-OH is 4. The Morgan fingerprint density at radius 3 is 2.50 bits per heavy atom. The third-order valence-corrected chi connectivity index (χ3v) is 8.82. The van der Waals surface area contributed by atoms with Crippen molar-refractivity contribution in [2.24, 2.45) is 22.7 Å². The van der Waals surface area contributed by atoms with Gasteiger partial charge in [-0.15, -0.1) is 0 Å². The molecule has 2 aliphatic carbocycles. The molecule has 2 bridgehead atoms. The number of rotatable bonds is 4. The highest BCUT2D eigenvalue weighted by atomic mass is 16.7. The lowest BCUT2D eigenvalue weighted by Crippen LogP contribution is -2.70. The number of hydrogen-bond donors (Lipinski definition) is 5. The van der Waals surface area contributed by atoms with Crippen LogP contribution >= 0.6 is 0 Å². The fraction of sp³-hybridized carbons (Fsp3) is 0.952. The minimum Gasteiger partial charge on any atom is -0.459 e. The van der Waals surface area contributed by atoms with Gasteiger partial charge in [0, 0.05) is 5.41 Å². The number of carbonyl (C=O) groups excluding carboxylic acids is 1. The predicted molar refractivity (Wildman–Crippen MR) is 102 cm³/mol. The number of hydrogen-bond acceptors (Lipinski definition) is 9. The van der Waals surface area contributed by atoms with Gasteiger partial charge in [0.1, 0.15) is 36.1 Å². The van der Waals surface area contributed by atoms with Gasteiger partial charge in [-0.25, -0.2) is 0 Å². The van der Waals surface area contributed by atoms with Gasteiger partial charge in [0.15, 0.2) is 6.29 Å². The molecule has 2 aliphatic heterocycles. The Kier molecular flexibility index (Phi) is 5.50. The Balaban J connectivity index is 1.60. The van der Waals surface area contributed by atoms with Crippen molar-refractivity contribution in [3.63, 3.8) is 0 Å². The normalized spacial score (nSPS) is 55.8. The molecule has 11 atom stereocenters. The van der Waals surface area contributed by atoms with Crippen molar-refractivity contribution < 1.29 is 44.5 Å². The van der Waals surface area contributed by atoms with Crippen LogP contribution in [0.1, 0.15) is 46.5 Å². The first-order valence-corrected chi connectivity index (χ1v) is 10.8. The van der Waals surface area contributed by atoms with Crippen LogP contribution in [-0.2, 0) is 19.0 Å². The Hall–Kier alpha value is -0.810. The number of carbonyl (C=O) groups is 1. The molecular weight excluding hydrogens is 396 g/mol. The molecule has 9 nitrogen and oxygen atoms in total.